The summed E-state index contributed by atoms with van der Waals surface area (Å²) in [5.74, 6) is 0.291. The van der Waals surface area contributed by atoms with Gasteiger partial charge in [-0.3, -0.25) is 14.5 Å². The summed E-state index contributed by atoms with van der Waals surface area (Å²) < 4.78 is 35.2. The quantitative estimate of drug-likeness (QED) is 0.390. The van der Waals surface area contributed by atoms with Crippen LogP contribution in [0, 0.1) is 5.41 Å². The minimum Gasteiger partial charge on any atom is -0.377 e. The summed E-state index contributed by atoms with van der Waals surface area (Å²) in [6.45, 7) is 3.18. The minimum atomic E-state index is -3.48. The van der Waals surface area contributed by atoms with E-state index >= 15 is 0 Å². The lowest BCUT2D eigenvalue weighted by atomic mass is 9.68. The lowest BCUT2D eigenvalue weighted by Crippen LogP contribution is -2.67. The highest BCUT2D eigenvalue weighted by atomic mass is 32.2. The molecule has 2 fully saturated rings. The number of amides is 1. The molecule has 4 rings (SSSR count). The lowest BCUT2D eigenvalue weighted by Gasteiger charge is -2.54. The maximum Gasteiger partial charge on any atom is 0.216 e. The summed E-state index contributed by atoms with van der Waals surface area (Å²) in [6, 6.07) is 5.75. The Bertz CT molecular complexity index is 966. The van der Waals surface area contributed by atoms with Gasteiger partial charge in [0, 0.05) is 38.9 Å². The first kappa shape index (κ1) is 22.4. The number of nitrogens with zero attached hydrogens (tertiary/aromatic N) is 2. The summed E-state index contributed by atoms with van der Waals surface area (Å²) in [6.07, 6.45) is 2.78. The SMILES string of the molecule is CCN(CC1SN(C)C(=N)N[C@@]12Cc1ccc(NC=O)cc12)S(=O)(=O)CC1CCCO1. The number of sulfonamides is 1. The first-order valence-electron chi connectivity index (χ1n) is 10.5. The third kappa shape index (κ3) is 4.15. The van der Waals surface area contributed by atoms with Gasteiger partial charge in [-0.25, -0.2) is 12.7 Å². The summed E-state index contributed by atoms with van der Waals surface area (Å²) in [5, 5.41) is 14.2. The first-order valence-corrected chi connectivity index (χ1v) is 12.9. The number of hydrogen-bond donors (Lipinski definition) is 3. The van der Waals surface area contributed by atoms with Gasteiger partial charge in [-0.05, 0) is 48.0 Å². The maximum absolute atomic E-state index is 13.2. The fraction of sp³-hybridized carbons (Fsp3) is 0.600. The van der Waals surface area contributed by atoms with E-state index in [1.165, 1.54) is 11.9 Å². The maximum atomic E-state index is 13.2. The van der Waals surface area contributed by atoms with Crippen molar-refractivity contribution in [1.29, 1.82) is 5.41 Å². The van der Waals surface area contributed by atoms with E-state index in [-0.39, 0.29) is 23.1 Å². The van der Waals surface area contributed by atoms with Crippen molar-refractivity contribution in [3.8, 4) is 0 Å². The number of ether oxygens (including phenoxy) is 1. The molecule has 9 nitrogen and oxygen atoms in total. The van der Waals surface area contributed by atoms with Gasteiger partial charge < -0.3 is 15.4 Å². The van der Waals surface area contributed by atoms with Gasteiger partial charge >= 0.3 is 0 Å². The summed E-state index contributed by atoms with van der Waals surface area (Å²) in [5.41, 5.74) is 2.26. The molecule has 31 heavy (non-hydrogen) atoms. The lowest BCUT2D eigenvalue weighted by molar-refractivity contribution is -0.105. The van der Waals surface area contributed by atoms with Crippen molar-refractivity contribution in [2.24, 2.45) is 0 Å². The van der Waals surface area contributed by atoms with Crippen molar-refractivity contribution in [2.45, 2.75) is 43.1 Å². The normalized spacial score (nSPS) is 27.7. The van der Waals surface area contributed by atoms with Gasteiger partial charge in [0.1, 0.15) is 0 Å². The van der Waals surface area contributed by atoms with Gasteiger partial charge in [0.15, 0.2) is 0 Å². The molecule has 11 heteroatoms. The van der Waals surface area contributed by atoms with Crippen LogP contribution in [0.15, 0.2) is 18.2 Å². The molecule has 170 valence electrons. The average Bonchev–Trinajstić information content (AvgIpc) is 3.21. The molecule has 0 radical (unpaired) electrons. The van der Waals surface area contributed by atoms with Crippen LogP contribution in [0.25, 0.3) is 0 Å². The average molecular weight is 468 g/mol. The first-order chi connectivity index (χ1) is 14.8. The van der Waals surface area contributed by atoms with E-state index in [0.717, 1.165) is 24.0 Å². The topological polar surface area (TPSA) is 115 Å². The molecular formula is C20H29N5O4S2. The van der Waals surface area contributed by atoms with Crippen molar-refractivity contribution in [3.05, 3.63) is 29.3 Å². The highest BCUT2D eigenvalue weighted by molar-refractivity contribution is 7.98. The molecular weight excluding hydrogens is 438 g/mol. The number of benzene rings is 1. The van der Waals surface area contributed by atoms with E-state index in [9.17, 15) is 13.2 Å². The third-order valence-electron chi connectivity index (χ3n) is 6.31. The van der Waals surface area contributed by atoms with Crippen LogP contribution in [0.2, 0.25) is 0 Å². The van der Waals surface area contributed by atoms with Gasteiger partial charge in [0.2, 0.25) is 22.4 Å². The van der Waals surface area contributed by atoms with Gasteiger partial charge in [-0.2, -0.15) is 0 Å². The molecule has 2 unspecified atom stereocenters. The van der Waals surface area contributed by atoms with Crippen molar-refractivity contribution in [3.63, 3.8) is 0 Å². The Balaban J connectivity index is 1.61. The molecule has 0 aromatic heterocycles. The number of hydrogen-bond acceptors (Lipinski definition) is 6. The minimum absolute atomic E-state index is 0.00824. The molecule has 2 heterocycles. The highest BCUT2D eigenvalue weighted by Crippen LogP contribution is 2.49. The molecule has 1 amide bonds. The van der Waals surface area contributed by atoms with Crippen LogP contribution in [0.3, 0.4) is 0 Å². The van der Waals surface area contributed by atoms with Crippen LogP contribution in [0.4, 0.5) is 5.69 Å². The number of nitrogens with one attached hydrogen (secondary N) is 3. The van der Waals surface area contributed by atoms with Crippen LogP contribution in [0.5, 0.6) is 0 Å². The van der Waals surface area contributed by atoms with Crippen molar-refractivity contribution < 1.29 is 17.9 Å². The Morgan fingerprint density at radius 3 is 2.97 bits per heavy atom. The fourth-order valence-electron chi connectivity index (χ4n) is 4.63. The van der Waals surface area contributed by atoms with E-state index in [2.05, 4.69) is 10.6 Å². The molecule has 1 aliphatic carbocycles. The molecule has 3 N–H and O–H groups in total. The molecule has 2 saturated heterocycles. The molecule has 1 spiro atoms. The zero-order valence-corrected chi connectivity index (χ0v) is 19.4. The van der Waals surface area contributed by atoms with Crippen LogP contribution in [-0.2, 0) is 31.5 Å². The molecule has 2 aliphatic heterocycles. The van der Waals surface area contributed by atoms with Gasteiger partial charge in [-0.15, -0.1) is 0 Å². The number of guanidine groups is 1. The fourth-order valence-corrected chi connectivity index (χ4v) is 7.66. The van der Waals surface area contributed by atoms with Gasteiger partial charge in [-0.1, -0.05) is 13.0 Å². The predicted octanol–water partition coefficient (Wildman–Crippen LogP) is 1.32. The molecule has 0 saturated carbocycles. The predicted molar refractivity (Wildman–Crippen MR) is 122 cm³/mol. The zero-order valence-electron chi connectivity index (χ0n) is 17.8. The Morgan fingerprint density at radius 2 is 2.29 bits per heavy atom. The summed E-state index contributed by atoms with van der Waals surface area (Å²) in [4.78, 5) is 10.9. The van der Waals surface area contributed by atoms with E-state index in [0.29, 0.717) is 38.2 Å². The number of carbonyl (C=O) groups is 1. The second-order valence-corrected chi connectivity index (χ2v) is 11.6. The van der Waals surface area contributed by atoms with Gasteiger partial charge in [0.05, 0.1) is 22.6 Å². The molecule has 3 aliphatic rings. The van der Waals surface area contributed by atoms with E-state index in [1.54, 1.807) is 15.7 Å². The summed E-state index contributed by atoms with van der Waals surface area (Å²) >= 11 is 1.48. The van der Waals surface area contributed by atoms with Crippen LogP contribution in [0.1, 0.15) is 30.9 Å². The number of carbonyl (C=O) groups excluding carboxylic acids is 1. The third-order valence-corrected chi connectivity index (χ3v) is 9.60. The second-order valence-electron chi connectivity index (χ2n) is 8.21. The number of fused-ring (bicyclic) bond motifs is 2. The largest absolute Gasteiger partial charge is 0.377 e. The Kier molecular flexibility index (Phi) is 6.21. The van der Waals surface area contributed by atoms with Crippen LogP contribution in [-0.4, -0.2) is 73.2 Å². The van der Waals surface area contributed by atoms with Crippen molar-refractivity contribution >= 4 is 40.0 Å². The smallest absolute Gasteiger partial charge is 0.216 e. The number of rotatable bonds is 8. The number of anilines is 1. The standard InChI is InChI=1S/C20H29N5O4S2/c1-3-25(31(27,28)12-16-5-4-8-29-16)11-18-20(23-19(21)24(2)30-18)10-14-6-7-15(22-13-26)9-17(14)20/h6-7,9,13,16,18H,3-5,8,10-12H2,1-2H3,(H2,21,23)(H,22,26)/t16?,18?,20-/m1/s1. The monoisotopic (exact) mass is 467 g/mol. The van der Waals surface area contributed by atoms with Crippen LogP contribution < -0.4 is 10.6 Å². The molecule has 3 atom stereocenters. The van der Waals surface area contributed by atoms with E-state index < -0.39 is 15.6 Å². The second kappa shape index (κ2) is 8.61. The molecule has 1 aromatic carbocycles. The van der Waals surface area contributed by atoms with Crippen LogP contribution >= 0.6 is 11.9 Å². The van der Waals surface area contributed by atoms with E-state index in [4.69, 9.17) is 10.1 Å². The van der Waals surface area contributed by atoms with E-state index in [1.807, 2.05) is 25.1 Å². The highest BCUT2D eigenvalue weighted by Gasteiger charge is 2.54. The molecule has 1 aromatic rings. The van der Waals surface area contributed by atoms with Crippen molar-refractivity contribution in [2.75, 3.05) is 37.8 Å². The molecule has 0 bridgehead atoms. The Hall–Kier alpha value is -1.82. The zero-order chi connectivity index (χ0) is 22.2. The summed E-state index contributed by atoms with van der Waals surface area (Å²) in [7, 11) is -1.67. The van der Waals surface area contributed by atoms with Gasteiger partial charge in [0.25, 0.3) is 0 Å². The Morgan fingerprint density at radius 1 is 1.48 bits per heavy atom. The van der Waals surface area contributed by atoms with Crippen molar-refractivity contribution in [1.82, 2.24) is 13.9 Å². The Labute approximate surface area is 187 Å².